The number of hydrogen-bond acceptors (Lipinski definition) is 5. The largest absolute Gasteiger partial charge is 0.330 e. The second-order valence-electron chi connectivity index (χ2n) is 6.08. The molecule has 10 heteroatoms. The van der Waals surface area contributed by atoms with Gasteiger partial charge in [-0.2, -0.15) is 10.2 Å². The molecule has 152 valence electrons. The summed E-state index contributed by atoms with van der Waals surface area (Å²) in [4.78, 5) is 11.7. The first-order valence-electron chi connectivity index (χ1n) is 8.96. The Hall–Kier alpha value is -3.25. The maximum Gasteiger partial charge on any atom is 0.272 e. The second kappa shape index (κ2) is 10.5. The van der Waals surface area contributed by atoms with Crippen molar-refractivity contribution in [3.63, 3.8) is 0 Å². The van der Waals surface area contributed by atoms with E-state index in [4.69, 9.17) is 35.5 Å². The van der Waals surface area contributed by atoms with E-state index in [1.807, 2.05) is 36.4 Å². The van der Waals surface area contributed by atoms with Crippen LogP contribution in [0.1, 0.15) is 11.6 Å². The molecule has 4 rings (SSSR count). The fourth-order valence-electron chi connectivity index (χ4n) is 2.44. The van der Waals surface area contributed by atoms with Crippen LogP contribution in [0.2, 0.25) is 10.0 Å². The van der Waals surface area contributed by atoms with Crippen molar-refractivity contribution in [2.24, 2.45) is 5.73 Å². The average Bonchev–Trinajstić information content (AvgIpc) is 3.40. The highest BCUT2D eigenvalue weighted by Gasteiger charge is 2.07. The number of hydrogen-bond donors (Lipinski definition) is 3. The van der Waals surface area contributed by atoms with E-state index in [0.717, 1.165) is 17.0 Å². The van der Waals surface area contributed by atoms with Gasteiger partial charge in [0.05, 0.1) is 0 Å². The molecule has 0 amide bonds. The van der Waals surface area contributed by atoms with Crippen molar-refractivity contribution in [3.8, 4) is 22.8 Å². The van der Waals surface area contributed by atoms with Crippen LogP contribution in [0.3, 0.4) is 0 Å². The van der Waals surface area contributed by atoms with Crippen molar-refractivity contribution >= 4 is 23.2 Å². The Kier molecular flexibility index (Phi) is 7.51. The molecule has 0 radical (unpaired) electrons. The Morgan fingerprint density at radius 1 is 0.800 bits per heavy atom. The molecule has 4 aromatic rings. The predicted molar refractivity (Wildman–Crippen MR) is 117 cm³/mol. The van der Waals surface area contributed by atoms with E-state index in [9.17, 15) is 0 Å². The maximum atomic E-state index is 6.70. The molecular weight excluding hydrogens is 423 g/mol. The predicted octanol–water partition coefficient (Wildman–Crippen LogP) is 4.17. The van der Waals surface area contributed by atoms with Gasteiger partial charge in [-0.1, -0.05) is 23.2 Å². The Morgan fingerprint density at radius 2 is 1.27 bits per heavy atom. The van der Waals surface area contributed by atoms with Crippen molar-refractivity contribution in [3.05, 3.63) is 81.6 Å². The third-order valence-electron chi connectivity index (χ3n) is 3.88. The zero-order chi connectivity index (χ0) is 21.3. The zero-order valence-electron chi connectivity index (χ0n) is 15.8. The molecule has 0 aliphatic carbocycles. The van der Waals surface area contributed by atoms with E-state index in [-0.39, 0.29) is 6.54 Å². The van der Waals surface area contributed by atoms with Crippen molar-refractivity contribution in [2.45, 2.75) is 13.0 Å². The van der Waals surface area contributed by atoms with Gasteiger partial charge in [0.25, 0.3) is 6.54 Å². The lowest BCUT2D eigenvalue weighted by Gasteiger charge is -1.94. The van der Waals surface area contributed by atoms with E-state index >= 15 is 0 Å². The van der Waals surface area contributed by atoms with Crippen molar-refractivity contribution in [2.75, 3.05) is 6.54 Å². The van der Waals surface area contributed by atoms with E-state index in [1.165, 1.54) is 0 Å². The number of nitrogens with two attached hydrogens (primary N) is 1. The van der Waals surface area contributed by atoms with Crippen LogP contribution < -0.4 is 5.73 Å². The van der Waals surface area contributed by atoms with Gasteiger partial charge in [0.2, 0.25) is 5.82 Å². The standard InChI is InChI=1S/C10H7ClN4.C10H11ClN4/c1-12-6-9-13-10(15-14-9)7-2-4-8(11)5-3-7;11-8-3-1-7(2-4-8)10-13-9(5-6-12)14-15-10/h2-5H,6H2,(H,13,14,15);1-4H,5-6,12H2,(H,13,14,15). The molecule has 0 aliphatic rings. The molecule has 2 aromatic carbocycles. The Balaban J connectivity index is 0.000000171. The third kappa shape index (κ3) is 5.87. The maximum absolute atomic E-state index is 6.70. The van der Waals surface area contributed by atoms with Crippen molar-refractivity contribution < 1.29 is 0 Å². The molecule has 8 nitrogen and oxygen atoms in total. The summed E-state index contributed by atoms with van der Waals surface area (Å²) < 4.78 is 0. The first kappa shape index (κ1) is 21.5. The molecule has 0 atom stereocenters. The van der Waals surface area contributed by atoms with Gasteiger partial charge in [-0.15, -0.1) is 0 Å². The van der Waals surface area contributed by atoms with Crippen LogP contribution in [0.4, 0.5) is 0 Å². The summed E-state index contributed by atoms with van der Waals surface area (Å²) in [5.74, 6) is 2.65. The molecule has 0 saturated carbocycles. The van der Waals surface area contributed by atoms with E-state index in [2.05, 4.69) is 35.2 Å². The SMILES string of the molecule is NCCc1nc(-c2ccc(Cl)cc2)n[nH]1.[C-]#[N+]Cc1nc(-c2ccc(Cl)cc2)n[nH]1. The average molecular weight is 441 g/mol. The highest BCUT2D eigenvalue weighted by molar-refractivity contribution is 6.30. The molecule has 0 unspecified atom stereocenters. The lowest BCUT2D eigenvalue weighted by Crippen LogP contribution is -2.03. The van der Waals surface area contributed by atoms with Crippen LogP contribution >= 0.6 is 23.2 Å². The van der Waals surface area contributed by atoms with Gasteiger partial charge in [0, 0.05) is 27.6 Å². The van der Waals surface area contributed by atoms with Crippen LogP contribution in [0.25, 0.3) is 27.6 Å². The number of nitrogens with one attached hydrogen (secondary N) is 2. The fraction of sp³-hybridized carbons (Fsp3) is 0.150. The number of halogens is 2. The summed E-state index contributed by atoms with van der Waals surface area (Å²) in [6.07, 6.45) is 0.709. The summed E-state index contributed by atoms with van der Waals surface area (Å²) in [6, 6.07) is 14.6. The molecular formula is C20H18Cl2N8. The van der Waals surface area contributed by atoms with Gasteiger partial charge in [-0.25, -0.2) is 16.5 Å². The van der Waals surface area contributed by atoms with Crippen molar-refractivity contribution in [1.29, 1.82) is 0 Å². The summed E-state index contributed by atoms with van der Waals surface area (Å²) in [5, 5.41) is 15.1. The van der Waals surface area contributed by atoms with Crippen molar-refractivity contribution in [1.82, 2.24) is 30.4 Å². The molecule has 0 bridgehead atoms. The first-order chi connectivity index (χ1) is 14.6. The van der Waals surface area contributed by atoms with E-state index in [1.54, 1.807) is 12.1 Å². The molecule has 0 fully saturated rings. The lowest BCUT2D eigenvalue weighted by molar-refractivity contribution is 0.874. The highest BCUT2D eigenvalue weighted by Crippen LogP contribution is 2.18. The molecule has 2 heterocycles. The van der Waals surface area contributed by atoms with Crippen LogP contribution in [0, 0.1) is 6.57 Å². The monoisotopic (exact) mass is 440 g/mol. The third-order valence-corrected chi connectivity index (χ3v) is 4.38. The number of H-pyrrole nitrogens is 2. The number of benzene rings is 2. The lowest BCUT2D eigenvalue weighted by atomic mass is 10.2. The van der Waals surface area contributed by atoms with E-state index < -0.39 is 0 Å². The number of rotatable bonds is 5. The Morgan fingerprint density at radius 3 is 1.73 bits per heavy atom. The Bertz CT molecular complexity index is 1110. The topological polar surface area (TPSA) is 114 Å². The second-order valence-corrected chi connectivity index (χ2v) is 6.95. The minimum absolute atomic E-state index is 0.223. The van der Waals surface area contributed by atoms with Crippen LogP contribution in [0.5, 0.6) is 0 Å². The minimum Gasteiger partial charge on any atom is -0.330 e. The smallest absolute Gasteiger partial charge is 0.272 e. The summed E-state index contributed by atoms with van der Waals surface area (Å²) in [7, 11) is 0. The fourth-order valence-corrected chi connectivity index (χ4v) is 2.69. The van der Waals surface area contributed by atoms with E-state index in [0.29, 0.717) is 40.5 Å². The first-order valence-corrected chi connectivity index (χ1v) is 9.72. The molecule has 0 saturated heterocycles. The van der Waals surface area contributed by atoms with Gasteiger partial charge in [-0.3, -0.25) is 10.2 Å². The number of aromatic amines is 2. The highest BCUT2D eigenvalue weighted by atomic mass is 35.5. The molecule has 30 heavy (non-hydrogen) atoms. The molecule has 0 spiro atoms. The summed E-state index contributed by atoms with van der Waals surface area (Å²) in [5.41, 5.74) is 7.25. The van der Waals surface area contributed by atoms with Crippen LogP contribution in [-0.2, 0) is 13.0 Å². The van der Waals surface area contributed by atoms with Gasteiger partial charge in [0.1, 0.15) is 5.82 Å². The van der Waals surface area contributed by atoms with Crippen LogP contribution in [-0.4, -0.2) is 36.9 Å². The molecule has 0 aliphatic heterocycles. The summed E-state index contributed by atoms with van der Waals surface area (Å²) in [6.45, 7) is 7.49. The molecule has 4 N–H and O–H groups in total. The number of aromatic nitrogens is 6. The zero-order valence-corrected chi connectivity index (χ0v) is 17.3. The van der Waals surface area contributed by atoms with Gasteiger partial charge in [-0.05, 0) is 55.1 Å². The van der Waals surface area contributed by atoms with Crippen LogP contribution in [0.15, 0.2) is 48.5 Å². The van der Waals surface area contributed by atoms with Gasteiger partial charge < -0.3 is 10.6 Å². The van der Waals surface area contributed by atoms with Gasteiger partial charge >= 0.3 is 0 Å². The molecule has 2 aromatic heterocycles. The minimum atomic E-state index is 0.223. The van der Waals surface area contributed by atoms with Gasteiger partial charge in [0.15, 0.2) is 11.6 Å². The quantitative estimate of drug-likeness (QED) is 0.403. The number of nitrogens with zero attached hydrogens (tertiary/aromatic N) is 5. The normalized spacial score (nSPS) is 10.2. The Labute approximate surface area is 183 Å². The summed E-state index contributed by atoms with van der Waals surface area (Å²) >= 11 is 11.6.